The van der Waals surface area contributed by atoms with Crippen LogP contribution >= 0.6 is 35.1 Å². The molecule has 2 rings (SSSR count). The summed E-state index contributed by atoms with van der Waals surface area (Å²) in [6, 6.07) is 0. The van der Waals surface area contributed by atoms with Crippen LogP contribution in [0.3, 0.4) is 0 Å². The normalized spacial score (nSPS) is 11.0. The maximum absolute atomic E-state index is 12.9. The Morgan fingerprint density at radius 3 is 2.52 bits per heavy atom. The number of nitrogens with zero attached hydrogens (tertiary/aromatic N) is 4. The second-order valence-electron chi connectivity index (χ2n) is 5.18. The van der Waals surface area contributed by atoms with Crippen molar-refractivity contribution in [2.75, 3.05) is 19.6 Å². The van der Waals surface area contributed by atoms with Gasteiger partial charge in [0.15, 0.2) is 0 Å². The van der Waals surface area contributed by atoms with Crippen molar-refractivity contribution < 1.29 is 4.79 Å². The van der Waals surface area contributed by atoms with E-state index in [0.717, 1.165) is 38.3 Å². The first-order valence-electron chi connectivity index (χ1n) is 7.30. The summed E-state index contributed by atoms with van der Waals surface area (Å²) < 4.78 is 7.35. The van der Waals surface area contributed by atoms with E-state index >= 15 is 0 Å². The Kier molecular flexibility index (Phi) is 6.16. The summed E-state index contributed by atoms with van der Waals surface area (Å²) in [7, 11) is 1.84. The van der Waals surface area contributed by atoms with Crippen molar-refractivity contribution in [2.24, 2.45) is 0 Å². The van der Waals surface area contributed by atoms with Gasteiger partial charge in [0.1, 0.15) is 5.03 Å². The van der Waals surface area contributed by atoms with Gasteiger partial charge in [0.25, 0.3) is 5.91 Å². The zero-order chi connectivity index (χ0) is 17.1. The molecular weight excluding hydrogens is 348 g/mol. The minimum atomic E-state index is 0.0236. The second kappa shape index (κ2) is 7.72. The highest BCUT2D eigenvalue weighted by Crippen LogP contribution is 2.33. The van der Waals surface area contributed by atoms with Gasteiger partial charge < -0.3 is 4.90 Å². The molecule has 2 aromatic rings. The molecule has 1 amide bonds. The largest absolute Gasteiger partial charge is 0.337 e. The smallest absolute Gasteiger partial charge is 0.258 e. The molecule has 0 aliphatic carbocycles. The molecule has 0 aliphatic rings. The number of rotatable bonds is 6. The van der Waals surface area contributed by atoms with Crippen LogP contribution in [0.1, 0.15) is 34.2 Å². The monoisotopic (exact) mass is 370 g/mol. The summed E-state index contributed by atoms with van der Waals surface area (Å²) in [6.07, 6.45) is 3.93. The van der Waals surface area contributed by atoms with Gasteiger partial charge in [0.05, 0.1) is 15.5 Å². The van der Waals surface area contributed by atoms with Crippen LogP contribution < -0.4 is 0 Å². The number of hydrogen-bond donors (Lipinski definition) is 0. The van der Waals surface area contributed by atoms with Gasteiger partial charge in [-0.05, 0) is 44.8 Å². The fourth-order valence-electron chi connectivity index (χ4n) is 2.49. The zero-order valence-electron chi connectivity index (χ0n) is 14.3. The Morgan fingerprint density at radius 1 is 1.30 bits per heavy atom. The average Bonchev–Trinajstić information content (AvgIpc) is 3.09. The minimum Gasteiger partial charge on any atom is -0.337 e. The Hall–Kier alpha value is -0.990. The number of amides is 1. The van der Waals surface area contributed by atoms with Crippen LogP contribution in [0.5, 0.6) is 0 Å². The molecular formula is C15H22N4OS3. The minimum absolute atomic E-state index is 0.0236. The van der Waals surface area contributed by atoms with Gasteiger partial charge >= 0.3 is 0 Å². The maximum atomic E-state index is 12.9. The fourth-order valence-corrected chi connectivity index (χ4v) is 4.75. The molecule has 0 N–H and O–H groups in total. The number of thioether (sulfide) groups is 2. The summed E-state index contributed by atoms with van der Waals surface area (Å²) >= 11 is 4.49. The highest BCUT2D eigenvalue weighted by molar-refractivity contribution is 8.01. The molecule has 2 heterocycles. The molecule has 0 unspecified atom stereocenters. The third-order valence-electron chi connectivity index (χ3n) is 3.79. The van der Waals surface area contributed by atoms with Crippen molar-refractivity contribution in [3.05, 3.63) is 22.5 Å². The summed E-state index contributed by atoms with van der Waals surface area (Å²) in [4.78, 5) is 14.7. The predicted octanol–water partition coefficient (Wildman–Crippen LogP) is 3.69. The summed E-state index contributed by atoms with van der Waals surface area (Å²) in [5.74, 6) is 0.0236. The van der Waals surface area contributed by atoms with Gasteiger partial charge in [0.2, 0.25) is 0 Å². The van der Waals surface area contributed by atoms with E-state index in [1.54, 1.807) is 16.7 Å². The third-order valence-corrected chi connectivity index (χ3v) is 6.53. The first-order valence-corrected chi connectivity index (χ1v) is 10.5. The fraction of sp³-hybridized carbons (Fsp3) is 0.533. The van der Waals surface area contributed by atoms with E-state index in [1.807, 2.05) is 31.2 Å². The summed E-state index contributed by atoms with van der Waals surface area (Å²) in [5.41, 5.74) is 3.98. The molecule has 0 saturated carbocycles. The quantitative estimate of drug-likeness (QED) is 0.726. The SMILES string of the molecule is CCn1nc(C)c(CN(C)C(=O)c2c(SC)nsc2SC)c1C. The number of carbonyl (C=O) groups excluding carboxylic acids is 1. The van der Waals surface area contributed by atoms with E-state index in [2.05, 4.69) is 23.3 Å². The van der Waals surface area contributed by atoms with Crippen molar-refractivity contribution in [3.63, 3.8) is 0 Å². The summed E-state index contributed by atoms with van der Waals surface area (Å²) in [6.45, 7) is 7.54. The maximum Gasteiger partial charge on any atom is 0.258 e. The van der Waals surface area contributed by atoms with Crippen molar-refractivity contribution in [1.82, 2.24) is 19.1 Å². The van der Waals surface area contributed by atoms with Gasteiger partial charge in [-0.25, -0.2) is 0 Å². The molecule has 5 nitrogen and oxygen atoms in total. The van der Waals surface area contributed by atoms with Crippen molar-refractivity contribution in [3.8, 4) is 0 Å². The molecule has 0 fully saturated rings. The Labute approximate surface area is 150 Å². The Bertz CT molecular complexity index is 686. The lowest BCUT2D eigenvalue weighted by Crippen LogP contribution is -2.27. The molecule has 0 radical (unpaired) electrons. The van der Waals surface area contributed by atoms with Crippen LogP contribution in [0, 0.1) is 13.8 Å². The number of aromatic nitrogens is 3. The third kappa shape index (κ3) is 3.59. The molecule has 0 saturated heterocycles. The first-order chi connectivity index (χ1) is 10.9. The molecule has 126 valence electrons. The Balaban J connectivity index is 2.28. The lowest BCUT2D eigenvalue weighted by Gasteiger charge is -2.18. The first kappa shape index (κ1) is 18.4. The van der Waals surface area contributed by atoms with Gasteiger partial charge in [-0.15, -0.1) is 23.5 Å². The highest BCUT2D eigenvalue weighted by Gasteiger charge is 2.24. The predicted molar refractivity (Wildman–Crippen MR) is 98.8 cm³/mol. The topological polar surface area (TPSA) is 51.0 Å². The summed E-state index contributed by atoms with van der Waals surface area (Å²) in [5, 5.41) is 5.35. The number of hydrogen-bond acceptors (Lipinski definition) is 6. The molecule has 0 aromatic carbocycles. The lowest BCUT2D eigenvalue weighted by molar-refractivity contribution is 0.0778. The number of carbonyl (C=O) groups is 1. The van der Waals surface area contributed by atoms with Crippen LogP contribution in [0.2, 0.25) is 0 Å². The van der Waals surface area contributed by atoms with E-state index in [4.69, 9.17) is 0 Å². The van der Waals surface area contributed by atoms with Crippen molar-refractivity contribution in [1.29, 1.82) is 0 Å². The molecule has 0 aliphatic heterocycles. The number of aryl methyl sites for hydroxylation is 2. The van der Waals surface area contributed by atoms with Crippen LogP contribution in [-0.2, 0) is 13.1 Å². The van der Waals surface area contributed by atoms with Crippen molar-refractivity contribution >= 4 is 41.0 Å². The van der Waals surface area contributed by atoms with Gasteiger partial charge in [-0.3, -0.25) is 9.48 Å². The van der Waals surface area contributed by atoms with Gasteiger partial charge in [-0.1, -0.05) is 0 Å². The van der Waals surface area contributed by atoms with Gasteiger partial charge in [0, 0.05) is 31.4 Å². The van der Waals surface area contributed by atoms with Crippen LogP contribution in [0.15, 0.2) is 9.24 Å². The Morgan fingerprint density at radius 2 is 2.00 bits per heavy atom. The average molecular weight is 371 g/mol. The van der Waals surface area contributed by atoms with Crippen molar-refractivity contribution in [2.45, 2.75) is 43.1 Å². The molecule has 0 atom stereocenters. The van der Waals surface area contributed by atoms with E-state index in [-0.39, 0.29) is 5.91 Å². The van der Waals surface area contributed by atoms with E-state index in [0.29, 0.717) is 6.54 Å². The molecule has 8 heteroatoms. The molecule has 0 spiro atoms. The van der Waals surface area contributed by atoms with E-state index in [9.17, 15) is 4.79 Å². The molecule has 0 bridgehead atoms. The lowest BCUT2D eigenvalue weighted by atomic mass is 10.2. The molecule has 2 aromatic heterocycles. The zero-order valence-corrected chi connectivity index (χ0v) is 16.8. The van der Waals surface area contributed by atoms with Crippen LogP contribution in [-0.4, -0.2) is 44.5 Å². The highest BCUT2D eigenvalue weighted by atomic mass is 32.2. The molecule has 23 heavy (non-hydrogen) atoms. The van der Waals surface area contributed by atoms with Gasteiger partial charge in [-0.2, -0.15) is 9.47 Å². The van der Waals surface area contributed by atoms with Crippen LogP contribution in [0.4, 0.5) is 0 Å². The standard InChI is InChI=1S/C15H22N4OS3/c1-7-19-10(3)11(9(2)16-19)8-18(4)14(20)12-13(21-5)17-23-15(12)22-6/h7-8H2,1-6H3. The van der Waals surface area contributed by atoms with E-state index < -0.39 is 0 Å². The van der Waals surface area contributed by atoms with E-state index in [1.165, 1.54) is 23.3 Å². The van der Waals surface area contributed by atoms with Crippen LogP contribution in [0.25, 0.3) is 0 Å². The second-order valence-corrected chi connectivity index (χ2v) is 7.83.